The van der Waals surface area contributed by atoms with E-state index in [4.69, 9.17) is 29.9 Å². The highest BCUT2D eigenvalue weighted by Crippen LogP contribution is 2.49. The van der Waals surface area contributed by atoms with Crippen LogP contribution < -0.4 is 11.1 Å². The topological polar surface area (TPSA) is 98.0 Å². The Labute approximate surface area is 254 Å². The third kappa shape index (κ3) is 11.0. The van der Waals surface area contributed by atoms with Crippen LogP contribution in [0.5, 0.6) is 0 Å². The molecule has 1 aromatic heterocycles. The van der Waals surface area contributed by atoms with Crippen molar-refractivity contribution in [3.8, 4) is 0 Å². The Bertz CT molecular complexity index is 1040. The van der Waals surface area contributed by atoms with Crippen molar-refractivity contribution in [2.75, 3.05) is 85.2 Å². The Hall–Kier alpha value is -1.88. The molecule has 3 rings (SSSR count). The summed E-state index contributed by atoms with van der Waals surface area (Å²) in [5, 5.41) is 4.69. The van der Waals surface area contributed by atoms with Crippen molar-refractivity contribution in [2.45, 2.75) is 72.4 Å². The minimum absolute atomic E-state index is 0.345. The van der Waals surface area contributed by atoms with Gasteiger partial charge in [0.05, 0.1) is 51.7 Å². The van der Waals surface area contributed by atoms with Gasteiger partial charge in [-0.2, -0.15) is 0 Å². The molecule has 1 heterocycles. The number of fused-ring (bicyclic) bond motifs is 1. The number of nitrogens with zero attached hydrogens (tertiary/aromatic N) is 4. The number of nitrogens with two attached hydrogens (primary N) is 1. The number of aromatic nitrogens is 2. The minimum atomic E-state index is 0.345. The minimum Gasteiger partial charge on any atom is -0.378 e. The monoisotopic (exact) mass is 586 g/mol. The molecule has 0 aliphatic heterocycles. The number of rotatable bonds is 19. The van der Waals surface area contributed by atoms with E-state index in [-0.39, 0.29) is 0 Å². The van der Waals surface area contributed by atoms with Crippen molar-refractivity contribution in [3.63, 3.8) is 0 Å². The van der Waals surface area contributed by atoms with Gasteiger partial charge in [-0.05, 0) is 75.7 Å². The van der Waals surface area contributed by atoms with Gasteiger partial charge >= 0.3 is 0 Å². The number of anilines is 1. The highest BCUT2D eigenvalue weighted by Gasteiger charge is 2.41. The maximum absolute atomic E-state index is 5.71. The molecule has 1 aliphatic rings. The van der Waals surface area contributed by atoms with E-state index in [0.717, 1.165) is 55.1 Å². The van der Waals surface area contributed by atoms with Crippen LogP contribution in [-0.2, 0) is 20.8 Å². The lowest BCUT2D eigenvalue weighted by atomic mass is 9.60. The lowest BCUT2D eigenvalue weighted by Crippen LogP contribution is -2.42. The van der Waals surface area contributed by atoms with E-state index >= 15 is 0 Å². The van der Waals surface area contributed by atoms with Crippen LogP contribution >= 0.6 is 0 Å². The summed E-state index contributed by atoms with van der Waals surface area (Å²) >= 11 is 0. The van der Waals surface area contributed by atoms with Gasteiger partial charge in [-0.25, -0.2) is 9.97 Å². The molecule has 42 heavy (non-hydrogen) atoms. The van der Waals surface area contributed by atoms with Crippen molar-refractivity contribution in [2.24, 2.45) is 16.6 Å². The normalized spacial score (nSPS) is 19.7. The van der Waals surface area contributed by atoms with Gasteiger partial charge in [0.15, 0.2) is 0 Å². The summed E-state index contributed by atoms with van der Waals surface area (Å²) in [4.78, 5) is 14.7. The third-order valence-corrected chi connectivity index (χ3v) is 9.17. The number of benzene rings is 1. The van der Waals surface area contributed by atoms with Gasteiger partial charge in [-0.3, -0.25) is 4.90 Å². The molecule has 0 unspecified atom stereocenters. The third-order valence-electron chi connectivity index (χ3n) is 9.17. The van der Waals surface area contributed by atoms with Gasteiger partial charge in [-0.1, -0.05) is 39.8 Å². The number of para-hydroxylation sites is 1. The van der Waals surface area contributed by atoms with Crippen molar-refractivity contribution < 1.29 is 14.2 Å². The highest BCUT2D eigenvalue weighted by atomic mass is 16.5. The maximum Gasteiger partial charge on any atom is 0.145 e. The second kappa shape index (κ2) is 17.4. The standard InChI is InChI=1S/C33H58N6O3/c1-32(2,3)33(4)14-12-27(13-15-33)39(6)26-30-36-29-11-8-7-10-28(29)31(37-30)35-17-9-18-38(5)19-21-41-23-25-42-24-22-40-20-16-34/h7-8,10-11,27H,9,12-26,34H2,1-6H3,(H,35,36,37). The van der Waals surface area contributed by atoms with Crippen LogP contribution in [0.2, 0.25) is 0 Å². The van der Waals surface area contributed by atoms with Crippen molar-refractivity contribution >= 4 is 16.7 Å². The van der Waals surface area contributed by atoms with Gasteiger partial charge in [0.25, 0.3) is 0 Å². The molecule has 0 radical (unpaired) electrons. The molecule has 3 N–H and O–H groups in total. The largest absolute Gasteiger partial charge is 0.378 e. The summed E-state index contributed by atoms with van der Waals surface area (Å²) in [5.41, 5.74) is 7.15. The maximum atomic E-state index is 5.71. The molecule has 1 aliphatic carbocycles. The lowest BCUT2D eigenvalue weighted by Gasteiger charge is -2.48. The number of likely N-dealkylation sites (N-methyl/N-ethyl adjacent to an activating group) is 1. The summed E-state index contributed by atoms with van der Waals surface area (Å²) in [5.74, 6) is 1.83. The van der Waals surface area contributed by atoms with E-state index in [2.05, 4.69) is 81.2 Å². The van der Waals surface area contributed by atoms with Crippen LogP contribution in [0.25, 0.3) is 10.9 Å². The van der Waals surface area contributed by atoms with E-state index in [1.165, 1.54) is 25.7 Å². The Kier molecular flexibility index (Phi) is 14.4. The highest BCUT2D eigenvalue weighted by molar-refractivity contribution is 5.88. The van der Waals surface area contributed by atoms with Gasteiger partial charge < -0.3 is 30.2 Å². The fourth-order valence-corrected chi connectivity index (χ4v) is 5.63. The first-order valence-electron chi connectivity index (χ1n) is 15.9. The quantitative estimate of drug-likeness (QED) is 0.225. The zero-order valence-corrected chi connectivity index (χ0v) is 27.3. The molecule has 2 aromatic rings. The van der Waals surface area contributed by atoms with Gasteiger partial charge in [0.1, 0.15) is 11.6 Å². The van der Waals surface area contributed by atoms with E-state index < -0.39 is 0 Å². The smallest absolute Gasteiger partial charge is 0.145 e. The summed E-state index contributed by atoms with van der Waals surface area (Å²) in [6.45, 7) is 17.3. The van der Waals surface area contributed by atoms with Crippen LogP contribution in [0.1, 0.15) is 65.6 Å². The molecule has 0 amide bonds. The summed E-state index contributed by atoms with van der Waals surface area (Å²) in [6, 6.07) is 8.91. The second-order valence-electron chi connectivity index (χ2n) is 13.2. The van der Waals surface area contributed by atoms with E-state index in [1.54, 1.807) is 0 Å². The Morgan fingerprint density at radius 1 is 0.929 bits per heavy atom. The average molecular weight is 587 g/mol. The summed E-state index contributed by atoms with van der Waals surface area (Å²) in [6.07, 6.45) is 6.04. The van der Waals surface area contributed by atoms with Gasteiger partial charge in [-0.15, -0.1) is 0 Å². The molecule has 0 bridgehead atoms. The average Bonchev–Trinajstić information content (AvgIpc) is 2.96. The second-order valence-corrected chi connectivity index (χ2v) is 13.2. The molecule has 9 nitrogen and oxygen atoms in total. The predicted octanol–water partition coefficient (Wildman–Crippen LogP) is 4.80. The Morgan fingerprint density at radius 2 is 1.57 bits per heavy atom. The Morgan fingerprint density at radius 3 is 2.24 bits per heavy atom. The first-order valence-corrected chi connectivity index (χ1v) is 15.9. The molecule has 1 fully saturated rings. The van der Waals surface area contributed by atoms with Crippen LogP contribution in [0, 0.1) is 10.8 Å². The molecule has 1 saturated carbocycles. The van der Waals surface area contributed by atoms with Gasteiger partial charge in [0, 0.05) is 31.1 Å². The fraction of sp³-hybridized carbons (Fsp3) is 0.758. The van der Waals surface area contributed by atoms with Crippen LogP contribution in [-0.4, -0.2) is 106 Å². The number of hydrogen-bond donors (Lipinski definition) is 2. The first-order chi connectivity index (χ1) is 20.1. The zero-order chi connectivity index (χ0) is 30.4. The molecule has 0 saturated heterocycles. The van der Waals surface area contributed by atoms with Crippen LogP contribution in [0.3, 0.4) is 0 Å². The van der Waals surface area contributed by atoms with E-state index in [9.17, 15) is 0 Å². The zero-order valence-electron chi connectivity index (χ0n) is 27.3. The molecule has 1 aromatic carbocycles. The Balaban J connectivity index is 1.40. The number of nitrogens with one attached hydrogen (secondary N) is 1. The number of hydrogen-bond acceptors (Lipinski definition) is 9. The molecule has 238 valence electrons. The van der Waals surface area contributed by atoms with Crippen molar-refractivity contribution in [3.05, 3.63) is 30.1 Å². The molecular formula is C33H58N6O3. The van der Waals surface area contributed by atoms with Crippen molar-refractivity contribution in [1.82, 2.24) is 19.8 Å². The van der Waals surface area contributed by atoms with Crippen molar-refractivity contribution in [1.29, 1.82) is 0 Å². The first kappa shape index (κ1) is 34.6. The number of ether oxygens (including phenoxy) is 3. The predicted molar refractivity (Wildman–Crippen MR) is 173 cm³/mol. The molecule has 0 atom stereocenters. The fourth-order valence-electron chi connectivity index (χ4n) is 5.63. The van der Waals surface area contributed by atoms with E-state index in [1.807, 2.05) is 0 Å². The van der Waals surface area contributed by atoms with Crippen LogP contribution in [0.4, 0.5) is 5.82 Å². The lowest BCUT2D eigenvalue weighted by molar-refractivity contribution is 0.0129. The van der Waals surface area contributed by atoms with Gasteiger partial charge in [0.2, 0.25) is 0 Å². The summed E-state index contributed by atoms with van der Waals surface area (Å²) < 4.78 is 16.5. The van der Waals surface area contributed by atoms with E-state index in [0.29, 0.717) is 63.1 Å². The molecule has 0 spiro atoms. The summed E-state index contributed by atoms with van der Waals surface area (Å²) in [7, 11) is 4.38. The molecule has 9 heteroatoms. The van der Waals surface area contributed by atoms with Crippen LogP contribution in [0.15, 0.2) is 24.3 Å². The molecular weight excluding hydrogens is 528 g/mol. The SMILES string of the molecule is CN(CCCNc1nc(CN(C)C2CCC(C)(C(C)(C)C)CC2)nc2ccccc12)CCOCCOCCOCCN.